The number of halogens is 3. The Morgan fingerprint density at radius 2 is 2.00 bits per heavy atom. The lowest BCUT2D eigenvalue weighted by Gasteiger charge is -2.38. The predicted molar refractivity (Wildman–Crippen MR) is 94.3 cm³/mol. The summed E-state index contributed by atoms with van der Waals surface area (Å²) in [5, 5.41) is 9.41. The van der Waals surface area contributed by atoms with Gasteiger partial charge in [0.2, 0.25) is 0 Å². The van der Waals surface area contributed by atoms with Crippen LogP contribution in [0.15, 0.2) is 54.9 Å². The van der Waals surface area contributed by atoms with E-state index in [1.807, 2.05) is 0 Å². The minimum Gasteiger partial charge on any atom is -0.491 e. The number of ether oxygens (including phenoxy) is 2. The number of carbonyl (C=O) groups is 1. The Morgan fingerprint density at radius 1 is 1.21 bits per heavy atom. The van der Waals surface area contributed by atoms with E-state index >= 15 is 0 Å². The molecule has 2 aromatic heterocycles. The van der Waals surface area contributed by atoms with Gasteiger partial charge in [0.15, 0.2) is 0 Å². The molecule has 1 aliphatic rings. The van der Waals surface area contributed by atoms with Crippen molar-refractivity contribution in [3.63, 3.8) is 0 Å². The van der Waals surface area contributed by atoms with Crippen LogP contribution in [-0.4, -0.2) is 34.1 Å². The molecule has 0 radical (unpaired) electrons. The fraction of sp³-hybridized carbons (Fsp3) is 0.211. The number of aromatic amines is 1. The van der Waals surface area contributed by atoms with Crippen molar-refractivity contribution in [3.8, 4) is 11.5 Å². The van der Waals surface area contributed by atoms with Crippen LogP contribution in [0.25, 0.3) is 0 Å². The van der Waals surface area contributed by atoms with Crippen molar-refractivity contribution in [2.75, 3.05) is 6.61 Å². The standard InChI is InChI=1S/C19H15F3N4O3/c20-19(21,22)29-13-5-3-12(4-6-13)18(25-17(27)14-7-10-24-26-14)8-11-28-15-2-1-9-23-16(15)18/h1-7,9-10H,8,11H2,(H,24,26)(H,25,27). The van der Waals surface area contributed by atoms with Gasteiger partial charge in [0.1, 0.15) is 28.4 Å². The molecule has 1 amide bonds. The number of nitrogens with zero attached hydrogens (tertiary/aromatic N) is 2. The van der Waals surface area contributed by atoms with Gasteiger partial charge in [0, 0.05) is 18.8 Å². The van der Waals surface area contributed by atoms with Crippen LogP contribution in [-0.2, 0) is 5.54 Å². The Morgan fingerprint density at radius 3 is 2.69 bits per heavy atom. The van der Waals surface area contributed by atoms with Crippen LogP contribution in [0.5, 0.6) is 11.5 Å². The second-order valence-electron chi connectivity index (χ2n) is 6.34. The lowest BCUT2D eigenvalue weighted by molar-refractivity contribution is -0.274. The first-order chi connectivity index (χ1) is 13.9. The molecule has 2 N–H and O–H groups in total. The first kappa shape index (κ1) is 18.8. The molecule has 0 aliphatic carbocycles. The first-order valence-electron chi connectivity index (χ1n) is 8.64. The highest BCUT2D eigenvalue weighted by Crippen LogP contribution is 2.41. The third-order valence-electron chi connectivity index (χ3n) is 4.55. The molecular formula is C19H15F3N4O3. The zero-order chi connectivity index (χ0) is 20.5. The van der Waals surface area contributed by atoms with Crippen molar-refractivity contribution >= 4 is 5.91 Å². The Labute approximate surface area is 162 Å². The van der Waals surface area contributed by atoms with Crippen molar-refractivity contribution in [1.29, 1.82) is 0 Å². The van der Waals surface area contributed by atoms with E-state index in [4.69, 9.17) is 4.74 Å². The smallest absolute Gasteiger partial charge is 0.491 e. The lowest BCUT2D eigenvalue weighted by atomic mass is 9.81. The molecule has 1 unspecified atom stereocenters. The normalized spacial score (nSPS) is 18.4. The zero-order valence-corrected chi connectivity index (χ0v) is 14.9. The molecule has 3 aromatic rings. The summed E-state index contributed by atoms with van der Waals surface area (Å²) < 4.78 is 47.0. The molecule has 0 spiro atoms. The van der Waals surface area contributed by atoms with Gasteiger partial charge in [-0.2, -0.15) is 5.10 Å². The Kier molecular flexibility index (Phi) is 4.61. The molecule has 1 aromatic carbocycles. The molecule has 7 nitrogen and oxygen atoms in total. The Bertz CT molecular complexity index is 1010. The number of benzene rings is 1. The average Bonchev–Trinajstić information content (AvgIpc) is 3.22. The fourth-order valence-corrected chi connectivity index (χ4v) is 3.32. The third-order valence-corrected chi connectivity index (χ3v) is 4.55. The molecule has 10 heteroatoms. The number of H-pyrrole nitrogens is 1. The van der Waals surface area contributed by atoms with Crippen LogP contribution in [0.2, 0.25) is 0 Å². The highest BCUT2D eigenvalue weighted by Gasteiger charge is 2.43. The third kappa shape index (κ3) is 3.73. The Balaban J connectivity index is 1.77. The van der Waals surface area contributed by atoms with Gasteiger partial charge >= 0.3 is 6.36 Å². The van der Waals surface area contributed by atoms with E-state index < -0.39 is 17.8 Å². The number of alkyl halides is 3. The second kappa shape index (κ2) is 7.12. The fourth-order valence-electron chi connectivity index (χ4n) is 3.32. The number of nitrogens with one attached hydrogen (secondary N) is 2. The van der Waals surface area contributed by atoms with Gasteiger partial charge in [-0.15, -0.1) is 13.2 Å². The SMILES string of the molecule is O=C(NC1(c2ccc(OC(F)(F)F)cc2)CCOc2cccnc21)c1cc[nH]n1. The van der Waals surface area contributed by atoms with Crippen LogP contribution < -0.4 is 14.8 Å². The van der Waals surface area contributed by atoms with Gasteiger partial charge in [-0.05, 0) is 35.9 Å². The second-order valence-corrected chi connectivity index (χ2v) is 6.34. The lowest BCUT2D eigenvalue weighted by Crippen LogP contribution is -2.50. The van der Waals surface area contributed by atoms with Gasteiger partial charge in [0.25, 0.3) is 5.91 Å². The molecule has 3 heterocycles. The van der Waals surface area contributed by atoms with E-state index in [0.29, 0.717) is 23.4 Å². The molecule has 4 rings (SSSR count). The summed E-state index contributed by atoms with van der Waals surface area (Å²) in [6.45, 7) is 0.278. The summed E-state index contributed by atoms with van der Waals surface area (Å²) in [7, 11) is 0. The highest BCUT2D eigenvalue weighted by atomic mass is 19.4. The van der Waals surface area contributed by atoms with E-state index in [0.717, 1.165) is 0 Å². The van der Waals surface area contributed by atoms with E-state index in [1.54, 1.807) is 18.3 Å². The van der Waals surface area contributed by atoms with Crippen LogP contribution >= 0.6 is 0 Å². The maximum Gasteiger partial charge on any atom is 0.573 e. The quantitative estimate of drug-likeness (QED) is 0.697. The number of pyridine rings is 1. The van der Waals surface area contributed by atoms with E-state index in [1.165, 1.54) is 36.5 Å². The molecule has 1 atom stereocenters. The monoisotopic (exact) mass is 404 g/mol. The van der Waals surface area contributed by atoms with Crippen LogP contribution in [0.4, 0.5) is 13.2 Å². The number of rotatable bonds is 4. The van der Waals surface area contributed by atoms with Crippen molar-refractivity contribution in [3.05, 3.63) is 71.8 Å². The highest BCUT2D eigenvalue weighted by molar-refractivity contribution is 5.93. The van der Waals surface area contributed by atoms with E-state index in [-0.39, 0.29) is 18.1 Å². The molecule has 0 fully saturated rings. The predicted octanol–water partition coefficient (Wildman–Crippen LogP) is 3.16. The zero-order valence-electron chi connectivity index (χ0n) is 14.9. The van der Waals surface area contributed by atoms with Crippen molar-refractivity contribution < 1.29 is 27.4 Å². The molecular weight excluding hydrogens is 389 g/mol. The van der Waals surface area contributed by atoms with Crippen LogP contribution in [0.3, 0.4) is 0 Å². The maximum atomic E-state index is 12.8. The van der Waals surface area contributed by atoms with Gasteiger partial charge in [0.05, 0.1) is 6.61 Å². The molecule has 150 valence electrons. The topological polar surface area (TPSA) is 89.1 Å². The van der Waals surface area contributed by atoms with Crippen molar-refractivity contribution in [2.45, 2.75) is 18.3 Å². The summed E-state index contributed by atoms with van der Waals surface area (Å²) in [6.07, 6.45) is -1.39. The van der Waals surface area contributed by atoms with Gasteiger partial charge in [-0.1, -0.05) is 12.1 Å². The molecule has 0 saturated heterocycles. The summed E-state index contributed by atoms with van der Waals surface area (Å²) in [5.41, 5.74) is 0.0610. The average molecular weight is 404 g/mol. The number of hydrogen-bond acceptors (Lipinski definition) is 5. The minimum atomic E-state index is -4.79. The van der Waals surface area contributed by atoms with E-state index in [2.05, 4.69) is 25.2 Å². The number of fused-ring (bicyclic) bond motifs is 1. The number of aromatic nitrogens is 3. The van der Waals surface area contributed by atoms with Gasteiger partial charge in [-0.25, -0.2) is 0 Å². The number of carbonyl (C=O) groups excluding carboxylic acids is 1. The van der Waals surface area contributed by atoms with Crippen molar-refractivity contribution in [2.24, 2.45) is 0 Å². The maximum absolute atomic E-state index is 12.8. The summed E-state index contributed by atoms with van der Waals surface area (Å²) in [4.78, 5) is 17.2. The number of amides is 1. The summed E-state index contributed by atoms with van der Waals surface area (Å²) >= 11 is 0. The summed E-state index contributed by atoms with van der Waals surface area (Å²) in [6, 6.07) is 10.3. The van der Waals surface area contributed by atoms with Gasteiger partial charge < -0.3 is 14.8 Å². The van der Waals surface area contributed by atoms with Gasteiger partial charge in [-0.3, -0.25) is 14.9 Å². The van der Waals surface area contributed by atoms with Crippen molar-refractivity contribution in [1.82, 2.24) is 20.5 Å². The largest absolute Gasteiger partial charge is 0.573 e. The first-order valence-corrected chi connectivity index (χ1v) is 8.64. The molecule has 0 bridgehead atoms. The summed E-state index contributed by atoms with van der Waals surface area (Å²) in [5.74, 6) is -0.333. The number of hydrogen-bond donors (Lipinski definition) is 2. The molecule has 29 heavy (non-hydrogen) atoms. The van der Waals surface area contributed by atoms with E-state index in [9.17, 15) is 18.0 Å². The molecule has 0 saturated carbocycles. The molecule has 1 aliphatic heterocycles. The Hall–Kier alpha value is -3.56. The minimum absolute atomic E-state index is 0.172. The van der Waals surface area contributed by atoms with Crippen LogP contribution in [0.1, 0.15) is 28.2 Å². The van der Waals surface area contributed by atoms with Crippen LogP contribution in [0, 0.1) is 0 Å².